The summed E-state index contributed by atoms with van der Waals surface area (Å²) >= 11 is 0. The number of nitrogens with one attached hydrogen (secondary N) is 2. The predicted molar refractivity (Wildman–Crippen MR) is 160 cm³/mol. The SMILES string of the molecule is CCc1cccc(CC)c1Nc1c(F)c2c(c(F)c1Nc1c(CC)cccc1CC)C(=O)c1c(O)ccc(O)c1C2=O. The van der Waals surface area contributed by atoms with Gasteiger partial charge in [0.15, 0.2) is 11.6 Å². The first-order valence-electron chi connectivity index (χ1n) is 14.1. The topological polar surface area (TPSA) is 98.7 Å². The minimum Gasteiger partial charge on any atom is -0.507 e. The lowest BCUT2D eigenvalue weighted by Gasteiger charge is -2.26. The first-order chi connectivity index (χ1) is 20.2. The molecule has 5 rings (SSSR count). The van der Waals surface area contributed by atoms with Crippen molar-refractivity contribution in [1.82, 2.24) is 0 Å². The van der Waals surface area contributed by atoms with Crippen LogP contribution in [-0.4, -0.2) is 21.8 Å². The summed E-state index contributed by atoms with van der Waals surface area (Å²) in [4.78, 5) is 27.3. The number of phenols is 2. The number of halogens is 2. The van der Waals surface area contributed by atoms with Gasteiger partial charge in [0.05, 0.1) is 22.3 Å². The van der Waals surface area contributed by atoms with Crippen LogP contribution in [0.25, 0.3) is 0 Å². The van der Waals surface area contributed by atoms with Gasteiger partial charge >= 0.3 is 0 Å². The highest BCUT2D eigenvalue weighted by molar-refractivity contribution is 6.31. The molecule has 0 spiro atoms. The van der Waals surface area contributed by atoms with E-state index in [-0.39, 0.29) is 11.4 Å². The fourth-order valence-electron chi connectivity index (χ4n) is 5.70. The summed E-state index contributed by atoms with van der Waals surface area (Å²) in [5.41, 5.74) is 1.20. The second-order valence-corrected chi connectivity index (χ2v) is 10.2. The molecule has 0 bridgehead atoms. The molecule has 6 nitrogen and oxygen atoms in total. The van der Waals surface area contributed by atoms with Crippen LogP contribution in [0.1, 0.15) is 81.8 Å². The van der Waals surface area contributed by atoms with Crippen LogP contribution in [0.15, 0.2) is 48.5 Å². The summed E-state index contributed by atoms with van der Waals surface area (Å²) in [6.45, 7) is 7.79. The predicted octanol–water partition coefficient (Wildman–Crippen LogP) is 7.89. The number of para-hydroxylation sites is 2. The standard InChI is InChI=1S/C34H32F2N2O4/c1-5-17-11-9-12-18(6-2)29(17)37-31-27(35)25-26(34(42)24-22(40)16-15-21(39)23(24)33(25)41)28(36)32(31)38-30-19(7-3)13-10-14-20(30)8-4/h9-16,37-40H,5-8H2,1-4H3. The minimum absolute atomic E-state index is 0.334. The largest absolute Gasteiger partial charge is 0.507 e. The van der Waals surface area contributed by atoms with Crippen LogP contribution in [0, 0.1) is 11.6 Å². The van der Waals surface area contributed by atoms with Crippen LogP contribution in [0.4, 0.5) is 31.5 Å². The summed E-state index contributed by atoms with van der Waals surface area (Å²) in [6, 6.07) is 13.4. The van der Waals surface area contributed by atoms with Crippen molar-refractivity contribution in [2.24, 2.45) is 0 Å². The maximum Gasteiger partial charge on any atom is 0.201 e. The van der Waals surface area contributed by atoms with E-state index in [4.69, 9.17) is 0 Å². The van der Waals surface area contributed by atoms with Crippen molar-refractivity contribution in [3.05, 3.63) is 105 Å². The Labute approximate surface area is 243 Å². The molecule has 0 saturated carbocycles. The van der Waals surface area contributed by atoms with Crippen molar-refractivity contribution in [3.8, 4) is 11.5 Å². The second kappa shape index (κ2) is 11.3. The Kier molecular flexibility index (Phi) is 7.73. The molecule has 0 heterocycles. The number of hydrogen-bond acceptors (Lipinski definition) is 6. The van der Waals surface area contributed by atoms with Gasteiger partial charge in [-0.05, 0) is 60.1 Å². The van der Waals surface area contributed by atoms with Crippen molar-refractivity contribution >= 4 is 34.3 Å². The fourth-order valence-corrected chi connectivity index (χ4v) is 5.70. The molecule has 0 aliphatic heterocycles. The Morgan fingerprint density at radius 1 is 0.524 bits per heavy atom. The van der Waals surface area contributed by atoms with E-state index in [9.17, 15) is 19.8 Å². The molecule has 1 aliphatic carbocycles. The van der Waals surface area contributed by atoms with E-state index in [1.54, 1.807) is 0 Å². The molecular formula is C34H32F2N2O4. The van der Waals surface area contributed by atoms with E-state index in [1.807, 2.05) is 64.1 Å². The van der Waals surface area contributed by atoms with Crippen molar-refractivity contribution < 1.29 is 28.6 Å². The summed E-state index contributed by atoms with van der Waals surface area (Å²) in [5, 5.41) is 27.1. The van der Waals surface area contributed by atoms with E-state index < -0.39 is 57.0 Å². The van der Waals surface area contributed by atoms with E-state index in [0.29, 0.717) is 37.1 Å². The lowest BCUT2D eigenvalue weighted by Crippen LogP contribution is -2.26. The second-order valence-electron chi connectivity index (χ2n) is 10.2. The fraction of sp³-hybridized carbons (Fsp3) is 0.235. The number of anilines is 4. The molecule has 1 aliphatic rings. The Bertz CT molecular complexity index is 1590. The maximum atomic E-state index is 16.8. The number of benzene rings is 4. The quantitative estimate of drug-likeness (QED) is 0.142. The van der Waals surface area contributed by atoms with Crippen LogP contribution in [0.3, 0.4) is 0 Å². The molecule has 42 heavy (non-hydrogen) atoms. The third kappa shape index (κ3) is 4.47. The molecule has 0 radical (unpaired) electrons. The third-order valence-corrected chi connectivity index (χ3v) is 7.95. The molecule has 216 valence electrons. The number of ketones is 2. The zero-order chi connectivity index (χ0) is 30.3. The van der Waals surface area contributed by atoms with E-state index in [2.05, 4.69) is 10.6 Å². The van der Waals surface area contributed by atoms with Crippen molar-refractivity contribution in [3.63, 3.8) is 0 Å². The Balaban J connectivity index is 1.85. The zero-order valence-corrected chi connectivity index (χ0v) is 23.9. The number of carbonyl (C=O) groups excluding carboxylic acids is 2. The monoisotopic (exact) mass is 570 g/mol. The van der Waals surface area contributed by atoms with Gasteiger partial charge in [0, 0.05) is 11.4 Å². The number of hydrogen-bond donors (Lipinski definition) is 4. The van der Waals surface area contributed by atoms with Gasteiger partial charge in [-0.3, -0.25) is 9.59 Å². The lowest BCUT2D eigenvalue weighted by molar-refractivity contribution is 0.0967. The van der Waals surface area contributed by atoms with E-state index in [1.165, 1.54) is 0 Å². The first-order valence-corrected chi connectivity index (χ1v) is 14.1. The smallest absolute Gasteiger partial charge is 0.201 e. The van der Waals surface area contributed by atoms with Crippen LogP contribution >= 0.6 is 0 Å². The molecule has 4 aromatic rings. The molecule has 0 amide bonds. The van der Waals surface area contributed by atoms with Crippen LogP contribution in [0.5, 0.6) is 11.5 Å². The van der Waals surface area contributed by atoms with Gasteiger partial charge in [-0.15, -0.1) is 0 Å². The normalized spacial score (nSPS) is 12.2. The molecule has 0 atom stereocenters. The van der Waals surface area contributed by atoms with Crippen LogP contribution < -0.4 is 10.6 Å². The highest BCUT2D eigenvalue weighted by Gasteiger charge is 2.41. The van der Waals surface area contributed by atoms with Crippen molar-refractivity contribution in [1.29, 1.82) is 0 Å². The van der Waals surface area contributed by atoms with Gasteiger partial charge in [-0.1, -0.05) is 64.1 Å². The van der Waals surface area contributed by atoms with Gasteiger partial charge in [-0.2, -0.15) is 0 Å². The number of aryl methyl sites for hydroxylation is 4. The maximum absolute atomic E-state index is 16.8. The Morgan fingerprint density at radius 2 is 0.833 bits per heavy atom. The Hall–Kier alpha value is -4.72. The van der Waals surface area contributed by atoms with E-state index >= 15 is 8.78 Å². The minimum atomic E-state index is -1.14. The number of carbonyl (C=O) groups is 2. The highest BCUT2D eigenvalue weighted by atomic mass is 19.1. The van der Waals surface area contributed by atoms with E-state index in [0.717, 1.165) is 34.4 Å². The summed E-state index contributed by atoms with van der Waals surface area (Å²) in [7, 11) is 0. The molecule has 0 unspecified atom stereocenters. The number of phenolic OH excluding ortho intramolecular Hbond substituents is 2. The van der Waals surface area contributed by atoms with Crippen LogP contribution in [0.2, 0.25) is 0 Å². The third-order valence-electron chi connectivity index (χ3n) is 7.95. The molecule has 4 N–H and O–H groups in total. The zero-order valence-electron chi connectivity index (χ0n) is 23.9. The highest BCUT2D eigenvalue weighted by Crippen LogP contribution is 2.46. The van der Waals surface area contributed by atoms with Gasteiger partial charge < -0.3 is 20.8 Å². The molecule has 4 aromatic carbocycles. The van der Waals surface area contributed by atoms with Crippen molar-refractivity contribution in [2.45, 2.75) is 53.4 Å². The van der Waals surface area contributed by atoms with Gasteiger partial charge in [0.2, 0.25) is 11.6 Å². The van der Waals surface area contributed by atoms with Crippen molar-refractivity contribution in [2.75, 3.05) is 10.6 Å². The average Bonchev–Trinajstić information content (AvgIpc) is 3.00. The van der Waals surface area contributed by atoms with Gasteiger partial charge in [0.1, 0.15) is 22.9 Å². The molecule has 8 heteroatoms. The number of rotatable bonds is 8. The summed E-state index contributed by atoms with van der Waals surface area (Å²) in [5.74, 6) is -5.69. The first kappa shape index (κ1) is 28.8. The number of aromatic hydroxyl groups is 2. The lowest BCUT2D eigenvalue weighted by atomic mass is 9.81. The summed E-state index contributed by atoms with van der Waals surface area (Å²) in [6.07, 6.45) is 2.41. The molecule has 0 fully saturated rings. The van der Waals surface area contributed by atoms with Gasteiger partial charge in [-0.25, -0.2) is 8.78 Å². The Morgan fingerprint density at radius 3 is 1.12 bits per heavy atom. The van der Waals surface area contributed by atoms with Crippen LogP contribution in [-0.2, 0) is 25.7 Å². The average molecular weight is 571 g/mol. The number of fused-ring (bicyclic) bond motifs is 2. The molecule has 0 saturated heterocycles. The summed E-state index contributed by atoms with van der Waals surface area (Å²) < 4.78 is 33.6. The molecular weight excluding hydrogens is 538 g/mol. The molecule has 0 aromatic heterocycles. The van der Waals surface area contributed by atoms with Gasteiger partial charge in [0.25, 0.3) is 0 Å².